The summed E-state index contributed by atoms with van der Waals surface area (Å²) in [5.41, 5.74) is 3.50. The summed E-state index contributed by atoms with van der Waals surface area (Å²) in [6.45, 7) is 2.60. The molecule has 0 spiro atoms. The van der Waals surface area contributed by atoms with E-state index in [0.29, 0.717) is 0 Å². The van der Waals surface area contributed by atoms with Gasteiger partial charge in [0.25, 0.3) is 0 Å². The minimum absolute atomic E-state index is 0.162. The van der Waals surface area contributed by atoms with Crippen molar-refractivity contribution >= 4 is 0 Å². The molecule has 20 heavy (non-hydrogen) atoms. The van der Waals surface area contributed by atoms with Gasteiger partial charge in [0.2, 0.25) is 0 Å². The summed E-state index contributed by atoms with van der Waals surface area (Å²) in [6, 6.07) is 16.6. The largest absolute Gasteiger partial charge is 0.496 e. The van der Waals surface area contributed by atoms with Crippen LogP contribution in [0.1, 0.15) is 11.7 Å². The van der Waals surface area contributed by atoms with Crippen LogP contribution < -0.4 is 10.1 Å². The molecule has 2 aromatic rings. The lowest BCUT2D eigenvalue weighted by molar-refractivity contribution is 0.0277. The smallest absolute Gasteiger partial charge is 0.126 e. The van der Waals surface area contributed by atoms with Crippen LogP contribution in [-0.4, -0.2) is 26.8 Å². The van der Waals surface area contributed by atoms with Gasteiger partial charge in [0, 0.05) is 18.7 Å². The van der Waals surface area contributed by atoms with Crippen molar-refractivity contribution in [1.29, 1.82) is 0 Å². The van der Waals surface area contributed by atoms with Crippen LogP contribution in [0, 0.1) is 0 Å². The zero-order valence-corrected chi connectivity index (χ0v) is 11.6. The highest BCUT2D eigenvalue weighted by atomic mass is 16.5. The first-order valence-corrected chi connectivity index (χ1v) is 6.94. The first-order chi connectivity index (χ1) is 9.88. The number of para-hydroxylation sites is 1. The average Bonchev–Trinajstić information content (AvgIpc) is 2.56. The van der Waals surface area contributed by atoms with Gasteiger partial charge in [-0.2, -0.15) is 0 Å². The Balaban J connectivity index is 1.85. The Kier molecular flexibility index (Phi) is 4.00. The second-order valence-electron chi connectivity index (χ2n) is 4.89. The Labute approximate surface area is 119 Å². The van der Waals surface area contributed by atoms with E-state index in [1.807, 2.05) is 18.2 Å². The molecular weight excluding hydrogens is 250 g/mol. The predicted molar refractivity (Wildman–Crippen MR) is 80.0 cm³/mol. The molecule has 1 aliphatic rings. The number of hydrogen-bond donors (Lipinski definition) is 1. The molecule has 0 aromatic heterocycles. The lowest BCUT2D eigenvalue weighted by atomic mass is 10.0. The molecular formula is C17H19NO2. The van der Waals surface area contributed by atoms with E-state index in [2.05, 4.69) is 35.6 Å². The van der Waals surface area contributed by atoms with Gasteiger partial charge >= 0.3 is 0 Å². The van der Waals surface area contributed by atoms with E-state index in [1.165, 1.54) is 5.56 Å². The second-order valence-corrected chi connectivity index (χ2v) is 4.89. The van der Waals surface area contributed by atoms with Gasteiger partial charge in [-0.05, 0) is 17.2 Å². The minimum Gasteiger partial charge on any atom is -0.496 e. The van der Waals surface area contributed by atoms with Gasteiger partial charge in [0.15, 0.2) is 0 Å². The number of morpholine rings is 1. The van der Waals surface area contributed by atoms with E-state index in [1.54, 1.807) is 7.11 Å². The number of methoxy groups -OCH3 is 1. The molecule has 0 bridgehead atoms. The summed E-state index contributed by atoms with van der Waals surface area (Å²) < 4.78 is 11.2. The third kappa shape index (κ3) is 2.69. The highest BCUT2D eigenvalue weighted by Crippen LogP contribution is 2.30. The van der Waals surface area contributed by atoms with Crippen LogP contribution in [0.25, 0.3) is 11.1 Å². The first kappa shape index (κ1) is 13.2. The van der Waals surface area contributed by atoms with E-state index in [9.17, 15) is 0 Å². The lowest BCUT2D eigenvalue weighted by Gasteiger charge is -2.24. The quantitative estimate of drug-likeness (QED) is 0.929. The van der Waals surface area contributed by atoms with Crippen molar-refractivity contribution in [2.24, 2.45) is 0 Å². The molecule has 1 unspecified atom stereocenters. The molecule has 1 N–H and O–H groups in total. The summed E-state index contributed by atoms with van der Waals surface area (Å²) in [4.78, 5) is 0. The van der Waals surface area contributed by atoms with Gasteiger partial charge in [-0.15, -0.1) is 0 Å². The summed E-state index contributed by atoms with van der Waals surface area (Å²) in [7, 11) is 1.70. The molecule has 1 heterocycles. The Morgan fingerprint density at radius 3 is 2.60 bits per heavy atom. The summed E-state index contributed by atoms with van der Waals surface area (Å²) in [5, 5.41) is 3.35. The second kappa shape index (κ2) is 6.07. The molecule has 2 aromatic carbocycles. The maximum absolute atomic E-state index is 5.77. The molecule has 104 valence electrons. The molecule has 1 aliphatic heterocycles. The van der Waals surface area contributed by atoms with Crippen LogP contribution in [0.2, 0.25) is 0 Å². The number of nitrogens with one attached hydrogen (secondary N) is 1. The fourth-order valence-electron chi connectivity index (χ4n) is 2.54. The van der Waals surface area contributed by atoms with E-state index in [-0.39, 0.29) is 6.10 Å². The van der Waals surface area contributed by atoms with E-state index < -0.39 is 0 Å². The molecule has 0 radical (unpaired) electrons. The van der Waals surface area contributed by atoms with Gasteiger partial charge in [-0.25, -0.2) is 0 Å². The van der Waals surface area contributed by atoms with Crippen molar-refractivity contribution in [3.63, 3.8) is 0 Å². The fourth-order valence-corrected chi connectivity index (χ4v) is 2.54. The Morgan fingerprint density at radius 1 is 1.10 bits per heavy atom. The van der Waals surface area contributed by atoms with E-state index in [0.717, 1.165) is 36.6 Å². The van der Waals surface area contributed by atoms with Crippen LogP contribution in [-0.2, 0) is 4.74 Å². The Bertz CT molecular complexity index is 559. The zero-order chi connectivity index (χ0) is 13.8. The van der Waals surface area contributed by atoms with Crippen LogP contribution >= 0.6 is 0 Å². The molecule has 3 rings (SSSR count). The van der Waals surface area contributed by atoms with Crippen molar-refractivity contribution in [2.75, 3.05) is 26.8 Å². The normalized spacial score (nSPS) is 18.8. The minimum atomic E-state index is 0.162. The molecule has 3 heteroatoms. The Morgan fingerprint density at radius 2 is 1.90 bits per heavy atom. The molecule has 0 amide bonds. The van der Waals surface area contributed by atoms with Crippen molar-refractivity contribution in [3.05, 3.63) is 54.1 Å². The number of ether oxygens (including phenoxy) is 2. The van der Waals surface area contributed by atoms with Crippen molar-refractivity contribution in [3.8, 4) is 16.9 Å². The SMILES string of the molecule is COc1ccccc1-c1ccc(C2CNCCO2)cc1. The molecule has 1 saturated heterocycles. The fraction of sp³-hybridized carbons (Fsp3) is 0.294. The third-order valence-electron chi connectivity index (χ3n) is 3.63. The number of hydrogen-bond acceptors (Lipinski definition) is 3. The van der Waals surface area contributed by atoms with Crippen LogP contribution in [0.4, 0.5) is 0 Å². The van der Waals surface area contributed by atoms with Crippen molar-refractivity contribution in [1.82, 2.24) is 5.32 Å². The standard InChI is InChI=1S/C17H19NO2/c1-19-16-5-3-2-4-15(16)13-6-8-14(9-7-13)17-12-18-10-11-20-17/h2-9,17-18H,10-12H2,1H3. The first-order valence-electron chi connectivity index (χ1n) is 6.94. The topological polar surface area (TPSA) is 30.5 Å². The van der Waals surface area contributed by atoms with Gasteiger partial charge in [-0.1, -0.05) is 42.5 Å². The van der Waals surface area contributed by atoms with Gasteiger partial charge in [0.1, 0.15) is 5.75 Å². The predicted octanol–water partition coefficient (Wildman–Crippen LogP) is 3.02. The third-order valence-corrected chi connectivity index (χ3v) is 3.63. The van der Waals surface area contributed by atoms with E-state index in [4.69, 9.17) is 9.47 Å². The highest BCUT2D eigenvalue weighted by molar-refractivity contribution is 5.70. The van der Waals surface area contributed by atoms with Gasteiger partial charge in [0.05, 0.1) is 19.8 Å². The van der Waals surface area contributed by atoms with Crippen molar-refractivity contribution in [2.45, 2.75) is 6.10 Å². The molecule has 0 aliphatic carbocycles. The molecule has 1 fully saturated rings. The summed E-state index contributed by atoms with van der Waals surface area (Å²) >= 11 is 0. The van der Waals surface area contributed by atoms with Crippen LogP contribution in [0.3, 0.4) is 0 Å². The van der Waals surface area contributed by atoms with E-state index >= 15 is 0 Å². The molecule has 0 saturated carbocycles. The maximum atomic E-state index is 5.77. The number of rotatable bonds is 3. The van der Waals surface area contributed by atoms with Gasteiger partial charge < -0.3 is 14.8 Å². The summed E-state index contributed by atoms with van der Waals surface area (Å²) in [6.07, 6.45) is 0.162. The summed E-state index contributed by atoms with van der Waals surface area (Å²) in [5.74, 6) is 0.899. The van der Waals surface area contributed by atoms with Gasteiger partial charge in [-0.3, -0.25) is 0 Å². The lowest BCUT2D eigenvalue weighted by Crippen LogP contribution is -2.33. The zero-order valence-electron chi connectivity index (χ0n) is 11.6. The Hall–Kier alpha value is -1.84. The van der Waals surface area contributed by atoms with Crippen LogP contribution in [0.15, 0.2) is 48.5 Å². The molecule has 1 atom stereocenters. The molecule has 3 nitrogen and oxygen atoms in total. The van der Waals surface area contributed by atoms with Crippen molar-refractivity contribution < 1.29 is 9.47 Å². The highest BCUT2D eigenvalue weighted by Gasteiger charge is 2.15. The van der Waals surface area contributed by atoms with Crippen LogP contribution in [0.5, 0.6) is 5.75 Å². The monoisotopic (exact) mass is 269 g/mol. The maximum Gasteiger partial charge on any atom is 0.126 e. The average molecular weight is 269 g/mol. The number of benzene rings is 2.